The molecule has 0 radical (unpaired) electrons. The van der Waals surface area contributed by atoms with Crippen molar-refractivity contribution in [3.8, 4) is 0 Å². The summed E-state index contributed by atoms with van der Waals surface area (Å²) in [6, 6.07) is 3.82. The highest BCUT2D eigenvalue weighted by Gasteiger charge is 2.34. The predicted octanol–water partition coefficient (Wildman–Crippen LogP) is 3.60. The number of nitrogens with zero attached hydrogens (tertiary/aromatic N) is 1. The molecular formula is C12H16Br2N2S. The van der Waals surface area contributed by atoms with Crippen LogP contribution in [0.4, 0.5) is 0 Å². The van der Waals surface area contributed by atoms with E-state index in [-0.39, 0.29) is 0 Å². The van der Waals surface area contributed by atoms with Crippen LogP contribution in [-0.4, -0.2) is 30.1 Å². The molecule has 1 aliphatic heterocycles. The molecule has 1 saturated heterocycles. The number of thiophene rings is 1. The molecule has 0 amide bonds. The summed E-state index contributed by atoms with van der Waals surface area (Å²) in [4.78, 5) is 4.05. The number of hydrogen-bond donors (Lipinski definition) is 1. The molecule has 1 aromatic rings. The van der Waals surface area contributed by atoms with Crippen LogP contribution in [0.25, 0.3) is 0 Å². The molecule has 2 fully saturated rings. The first-order chi connectivity index (χ1) is 8.22. The molecule has 94 valence electrons. The smallest absolute Gasteiger partial charge is 0.0843 e. The first-order valence-corrected chi connectivity index (χ1v) is 8.54. The monoisotopic (exact) mass is 378 g/mol. The van der Waals surface area contributed by atoms with E-state index in [1.807, 2.05) is 11.3 Å². The SMILES string of the molecule is Brc1cc(CNC2CCN(C3CC3)C2)sc1Br. The Bertz CT molecular complexity index is 384. The van der Waals surface area contributed by atoms with Crippen LogP contribution in [0.5, 0.6) is 0 Å². The third-order valence-electron chi connectivity index (χ3n) is 3.54. The van der Waals surface area contributed by atoms with Crippen LogP contribution in [0.15, 0.2) is 14.3 Å². The number of likely N-dealkylation sites (tertiary alicyclic amines) is 1. The molecule has 2 heterocycles. The van der Waals surface area contributed by atoms with Gasteiger partial charge in [0, 0.05) is 41.1 Å². The Labute approximate surface area is 123 Å². The number of rotatable bonds is 4. The van der Waals surface area contributed by atoms with Gasteiger partial charge in [-0.25, -0.2) is 0 Å². The summed E-state index contributed by atoms with van der Waals surface area (Å²) >= 11 is 8.89. The lowest BCUT2D eigenvalue weighted by Crippen LogP contribution is -2.32. The van der Waals surface area contributed by atoms with Gasteiger partial charge >= 0.3 is 0 Å². The summed E-state index contributed by atoms with van der Waals surface area (Å²) in [5.74, 6) is 0. The fourth-order valence-corrected chi connectivity index (χ4v) is 4.58. The zero-order valence-electron chi connectivity index (χ0n) is 9.59. The van der Waals surface area contributed by atoms with Gasteiger partial charge in [-0.3, -0.25) is 4.90 Å². The summed E-state index contributed by atoms with van der Waals surface area (Å²) in [5, 5.41) is 3.68. The minimum atomic E-state index is 0.690. The van der Waals surface area contributed by atoms with Gasteiger partial charge in [-0.05, 0) is 57.2 Å². The van der Waals surface area contributed by atoms with Crippen LogP contribution >= 0.6 is 43.2 Å². The Morgan fingerprint density at radius 3 is 2.82 bits per heavy atom. The van der Waals surface area contributed by atoms with E-state index in [9.17, 15) is 0 Å². The zero-order chi connectivity index (χ0) is 11.8. The largest absolute Gasteiger partial charge is 0.308 e. The highest BCUT2D eigenvalue weighted by atomic mass is 79.9. The Morgan fingerprint density at radius 1 is 1.35 bits per heavy atom. The Morgan fingerprint density at radius 2 is 2.18 bits per heavy atom. The second-order valence-corrected chi connectivity index (χ2v) is 8.24. The molecule has 1 saturated carbocycles. The number of nitrogens with one attached hydrogen (secondary N) is 1. The van der Waals surface area contributed by atoms with E-state index in [0.29, 0.717) is 6.04 Å². The molecule has 0 spiro atoms. The van der Waals surface area contributed by atoms with Crippen LogP contribution in [0.2, 0.25) is 0 Å². The van der Waals surface area contributed by atoms with E-state index in [1.54, 1.807) is 0 Å². The van der Waals surface area contributed by atoms with Crippen LogP contribution < -0.4 is 5.32 Å². The third-order valence-corrected chi connectivity index (χ3v) is 6.80. The summed E-state index contributed by atoms with van der Waals surface area (Å²) in [7, 11) is 0. The maximum absolute atomic E-state index is 3.68. The minimum Gasteiger partial charge on any atom is -0.308 e. The molecule has 0 aromatic carbocycles. The standard InChI is InChI=1S/C12H16Br2N2S/c13-11-5-10(17-12(11)14)6-15-8-3-4-16(7-8)9-1-2-9/h5,8-9,15H,1-4,6-7H2. The van der Waals surface area contributed by atoms with Gasteiger partial charge in [-0.15, -0.1) is 11.3 Å². The van der Waals surface area contributed by atoms with Crippen LogP contribution in [0, 0.1) is 0 Å². The molecular weight excluding hydrogens is 364 g/mol. The number of halogens is 2. The molecule has 1 N–H and O–H groups in total. The highest BCUT2D eigenvalue weighted by molar-refractivity contribution is 9.13. The Hall–Kier alpha value is 0.580. The topological polar surface area (TPSA) is 15.3 Å². The van der Waals surface area contributed by atoms with Crippen LogP contribution in [0.3, 0.4) is 0 Å². The van der Waals surface area contributed by atoms with E-state index in [2.05, 4.69) is 48.1 Å². The van der Waals surface area contributed by atoms with Crippen LogP contribution in [-0.2, 0) is 6.54 Å². The number of hydrogen-bond acceptors (Lipinski definition) is 3. The quantitative estimate of drug-likeness (QED) is 0.859. The normalized spacial score (nSPS) is 25.6. The second kappa shape index (κ2) is 5.29. The van der Waals surface area contributed by atoms with Crippen molar-refractivity contribution in [3.63, 3.8) is 0 Å². The maximum atomic E-state index is 3.68. The fourth-order valence-electron chi connectivity index (χ4n) is 2.45. The molecule has 1 aromatic heterocycles. The van der Waals surface area contributed by atoms with Crippen molar-refractivity contribution >= 4 is 43.2 Å². The molecule has 17 heavy (non-hydrogen) atoms. The van der Waals surface area contributed by atoms with E-state index >= 15 is 0 Å². The fraction of sp³-hybridized carbons (Fsp3) is 0.667. The average Bonchev–Trinajstić information content (AvgIpc) is 2.96. The van der Waals surface area contributed by atoms with Crippen molar-refractivity contribution in [2.24, 2.45) is 0 Å². The molecule has 2 nitrogen and oxygen atoms in total. The first kappa shape index (κ1) is 12.6. The van der Waals surface area contributed by atoms with E-state index in [0.717, 1.165) is 12.6 Å². The van der Waals surface area contributed by atoms with Crippen molar-refractivity contribution in [1.29, 1.82) is 0 Å². The van der Waals surface area contributed by atoms with E-state index < -0.39 is 0 Å². The minimum absolute atomic E-state index is 0.690. The summed E-state index contributed by atoms with van der Waals surface area (Å²) in [6.45, 7) is 3.54. The molecule has 1 atom stereocenters. The summed E-state index contributed by atoms with van der Waals surface area (Å²) < 4.78 is 2.37. The molecule has 1 unspecified atom stereocenters. The highest BCUT2D eigenvalue weighted by Crippen LogP contribution is 2.33. The van der Waals surface area contributed by atoms with E-state index in [1.165, 1.54) is 45.5 Å². The molecule has 1 aliphatic carbocycles. The first-order valence-electron chi connectivity index (χ1n) is 6.13. The van der Waals surface area contributed by atoms with Crippen LogP contribution in [0.1, 0.15) is 24.1 Å². The van der Waals surface area contributed by atoms with Gasteiger partial charge in [0.15, 0.2) is 0 Å². The predicted molar refractivity (Wildman–Crippen MR) is 79.6 cm³/mol. The van der Waals surface area contributed by atoms with Gasteiger partial charge in [-0.1, -0.05) is 0 Å². The van der Waals surface area contributed by atoms with Crippen molar-refractivity contribution in [1.82, 2.24) is 10.2 Å². The van der Waals surface area contributed by atoms with Gasteiger partial charge in [0.2, 0.25) is 0 Å². The summed E-state index contributed by atoms with van der Waals surface area (Å²) in [6.07, 6.45) is 4.17. The van der Waals surface area contributed by atoms with Crippen molar-refractivity contribution in [3.05, 3.63) is 19.2 Å². The van der Waals surface area contributed by atoms with Crippen molar-refractivity contribution in [2.45, 2.75) is 37.9 Å². The lowest BCUT2D eigenvalue weighted by molar-refractivity contribution is 0.317. The maximum Gasteiger partial charge on any atom is 0.0843 e. The Kier molecular flexibility index (Phi) is 3.92. The lowest BCUT2D eigenvalue weighted by Gasteiger charge is -2.15. The van der Waals surface area contributed by atoms with Gasteiger partial charge < -0.3 is 5.32 Å². The van der Waals surface area contributed by atoms with Gasteiger partial charge in [-0.2, -0.15) is 0 Å². The van der Waals surface area contributed by atoms with Crippen molar-refractivity contribution < 1.29 is 0 Å². The second-order valence-electron chi connectivity index (χ2n) is 4.93. The third kappa shape index (κ3) is 3.13. The Balaban J connectivity index is 1.48. The van der Waals surface area contributed by atoms with Gasteiger partial charge in [0.1, 0.15) is 0 Å². The van der Waals surface area contributed by atoms with Crippen molar-refractivity contribution in [2.75, 3.05) is 13.1 Å². The summed E-state index contributed by atoms with van der Waals surface area (Å²) in [5.41, 5.74) is 0. The molecule has 5 heteroatoms. The molecule has 0 bridgehead atoms. The van der Waals surface area contributed by atoms with Gasteiger partial charge in [0.25, 0.3) is 0 Å². The lowest BCUT2D eigenvalue weighted by atomic mass is 10.2. The van der Waals surface area contributed by atoms with E-state index in [4.69, 9.17) is 0 Å². The van der Waals surface area contributed by atoms with Gasteiger partial charge in [0.05, 0.1) is 3.79 Å². The molecule has 2 aliphatic rings. The molecule has 3 rings (SSSR count). The zero-order valence-corrected chi connectivity index (χ0v) is 13.6. The average molecular weight is 380 g/mol.